The summed E-state index contributed by atoms with van der Waals surface area (Å²) in [7, 11) is 0. The second-order valence-electron chi connectivity index (χ2n) is 17.4. The van der Waals surface area contributed by atoms with Gasteiger partial charge in [0.2, 0.25) is 0 Å². The molecule has 61 heavy (non-hydrogen) atoms. The van der Waals surface area contributed by atoms with E-state index in [2.05, 4.69) is 69.4 Å². The van der Waals surface area contributed by atoms with Crippen molar-refractivity contribution < 1.29 is 28.6 Å². The van der Waals surface area contributed by atoms with E-state index in [1.54, 1.807) is 0 Å². The molecule has 0 aromatic carbocycles. The molecule has 0 spiro atoms. The molecule has 0 saturated carbocycles. The van der Waals surface area contributed by atoms with Gasteiger partial charge in [0, 0.05) is 19.3 Å². The molecule has 0 heterocycles. The predicted molar refractivity (Wildman–Crippen MR) is 261 cm³/mol. The fraction of sp³-hybridized carbons (Fsp3) is 0.800. The van der Waals surface area contributed by atoms with Gasteiger partial charge in [0.25, 0.3) is 0 Å². The van der Waals surface area contributed by atoms with E-state index in [1.165, 1.54) is 135 Å². The van der Waals surface area contributed by atoms with E-state index in [1.807, 2.05) is 0 Å². The number of esters is 3. The van der Waals surface area contributed by atoms with Crippen molar-refractivity contribution in [2.45, 2.75) is 271 Å². The molecule has 0 fully saturated rings. The monoisotopic (exact) mass is 855 g/mol. The summed E-state index contributed by atoms with van der Waals surface area (Å²) in [4.78, 5) is 38.0. The van der Waals surface area contributed by atoms with Crippen molar-refractivity contribution in [1.82, 2.24) is 0 Å². The normalized spacial score (nSPS) is 12.4. The second-order valence-corrected chi connectivity index (χ2v) is 17.4. The van der Waals surface area contributed by atoms with Gasteiger partial charge in [0.05, 0.1) is 0 Å². The molecule has 0 aliphatic rings. The summed E-state index contributed by atoms with van der Waals surface area (Å²) in [5, 5.41) is 0. The summed E-state index contributed by atoms with van der Waals surface area (Å²) in [5.74, 6) is -0.888. The SMILES string of the molecule is CC/C=C\C/C=C\C/C=C\CCCCCCCCCC(=O)OCC(COC(=O)CCCCCCC/C=C\CCCCC)OC(=O)CCCCCCCCCCCCCCCC. The number of rotatable bonds is 47. The smallest absolute Gasteiger partial charge is 0.306 e. The first-order chi connectivity index (χ1) is 30.0. The molecule has 0 amide bonds. The van der Waals surface area contributed by atoms with Crippen LogP contribution < -0.4 is 0 Å². The molecular weight excluding hydrogens is 757 g/mol. The molecule has 0 aliphatic heterocycles. The Morgan fingerprint density at radius 2 is 0.639 bits per heavy atom. The van der Waals surface area contributed by atoms with Gasteiger partial charge in [-0.3, -0.25) is 14.4 Å². The Labute approximate surface area is 378 Å². The predicted octanol–water partition coefficient (Wildman–Crippen LogP) is 17.1. The van der Waals surface area contributed by atoms with E-state index in [9.17, 15) is 14.4 Å². The number of hydrogen-bond acceptors (Lipinski definition) is 6. The number of allylic oxidation sites excluding steroid dienone is 8. The van der Waals surface area contributed by atoms with Crippen LogP contribution in [0.15, 0.2) is 48.6 Å². The Balaban J connectivity index is 4.36. The van der Waals surface area contributed by atoms with Gasteiger partial charge in [-0.05, 0) is 77.0 Å². The van der Waals surface area contributed by atoms with E-state index in [4.69, 9.17) is 14.2 Å². The van der Waals surface area contributed by atoms with Gasteiger partial charge in [-0.25, -0.2) is 0 Å². The van der Waals surface area contributed by atoms with Crippen LogP contribution in [0.1, 0.15) is 265 Å². The number of carbonyl (C=O) groups excluding carboxylic acids is 3. The quantitative estimate of drug-likeness (QED) is 0.0263. The van der Waals surface area contributed by atoms with Crippen molar-refractivity contribution >= 4 is 17.9 Å². The van der Waals surface area contributed by atoms with Crippen LogP contribution in [-0.2, 0) is 28.6 Å². The molecule has 1 atom stereocenters. The van der Waals surface area contributed by atoms with E-state index in [-0.39, 0.29) is 31.1 Å². The lowest BCUT2D eigenvalue weighted by Crippen LogP contribution is -2.30. The lowest BCUT2D eigenvalue weighted by atomic mass is 10.0. The number of carbonyl (C=O) groups is 3. The minimum absolute atomic E-state index is 0.0784. The zero-order chi connectivity index (χ0) is 44.4. The van der Waals surface area contributed by atoms with Crippen molar-refractivity contribution in [3.63, 3.8) is 0 Å². The van der Waals surface area contributed by atoms with Crippen LogP contribution in [0.5, 0.6) is 0 Å². The maximum Gasteiger partial charge on any atom is 0.306 e. The summed E-state index contributed by atoms with van der Waals surface area (Å²) in [6.45, 7) is 6.50. The summed E-state index contributed by atoms with van der Waals surface area (Å²) < 4.78 is 16.8. The molecule has 1 unspecified atom stereocenters. The highest BCUT2D eigenvalue weighted by Crippen LogP contribution is 2.15. The number of ether oxygens (including phenoxy) is 3. The highest BCUT2D eigenvalue weighted by molar-refractivity contribution is 5.71. The van der Waals surface area contributed by atoms with Gasteiger partial charge in [-0.2, -0.15) is 0 Å². The average molecular weight is 855 g/mol. The molecule has 0 rings (SSSR count). The van der Waals surface area contributed by atoms with Crippen LogP contribution in [0.25, 0.3) is 0 Å². The van der Waals surface area contributed by atoms with Crippen molar-refractivity contribution in [3.8, 4) is 0 Å². The fourth-order valence-corrected chi connectivity index (χ4v) is 7.39. The van der Waals surface area contributed by atoms with Gasteiger partial charge in [0.1, 0.15) is 13.2 Å². The van der Waals surface area contributed by atoms with E-state index in [0.29, 0.717) is 19.3 Å². The van der Waals surface area contributed by atoms with E-state index >= 15 is 0 Å². The van der Waals surface area contributed by atoms with Crippen LogP contribution in [-0.4, -0.2) is 37.2 Å². The van der Waals surface area contributed by atoms with Crippen LogP contribution in [0, 0.1) is 0 Å². The zero-order valence-corrected chi connectivity index (χ0v) is 40.4. The Hall–Kier alpha value is -2.63. The lowest BCUT2D eigenvalue weighted by Gasteiger charge is -2.18. The lowest BCUT2D eigenvalue weighted by molar-refractivity contribution is -0.167. The minimum Gasteiger partial charge on any atom is -0.462 e. The standard InChI is InChI=1S/C55H98O6/c1-4-7-10-13-16-19-22-25-27-28-29-31-33-36-39-42-45-48-54(57)60-51-52(50-59-53(56)47-44-41-38-35-32-24-21-18-15-12-9-6-3)61-55(58)49-46-43-40-37-34-30-26-23-20-17-14-11-8-5-2/h7,10,16,18-19,21,25,27,52H,4-6,8-9,11-15,17,20,22-24,26,28-51H2,1-3H3/b10-7-,19-16-,21-18-,27-25-. The Bertz CT molecular complexity index is 1070. The van der Waals surface area contributed by atoms with Crippen molar-refractivity contribution in [1.29, 1.82) is 0 Å². The molecule has 0 bridgehead atoms. The molecule has 0 radical (unpaired) electrons. The highest BCUT2D eigenvalue weighted by atomic mass is 16.6. The zero-order valence-electron chi connectivity index (χ0n) is 40.4. The number of hydrogen-bond donors (Lipinski definition) is 0. The average Bonchev–Trinajstić information content (AvgIpc) is 3.26. The van der Waals surface area contributed by atoms with Crippen LogP contribution in [0.2, 0.25) is 0 Å². The first kappa shape index (κ1) is 58.4. The molecule has 354 valence electrons. The Morgan fingerprint density at radius 3 is 1.05 bits per heavy atom. The van der Waals surface area contributed by atoms with Gasteiger partial charge in [0.15, 0.2) is 6.10 Å². The van der Waals surface area contributed by atoms with Crippen LogP contribution in [0.4, 0.5) is 0 Å². The van der Waals surface area contributed by atoms with Crippen molar-refractivity contribution in [3.05, 3.63) is 48.6 Å². The molecule has 0 aromatic heterocycles. The summed E-state index contributed by atoms with van der Waals surface area (Å²) in [6, 6.07) is 0. The summed E-state index contributed by atoms with van der Waals surface area (Å²) in [5.41, 5.74) is 0. The molecule has 6 nitrogen and oxygen atoms in total. The third-order valence-corrected chi connectivity index (χ3v) is 11.3. The van der Waals surface area contributed by atoms with Crippen LogP contribution >= 0.6 is 0 Å². The summed E-state index contributed by atoms with van der Waals surface area (Å²) >= 11 is 0. The Morgan fingerprint density at radius 1 is 0.344 bits per heavy atom. The first-order valence-electron chi connectivity index (χ1n) is 26.1. The second kappa shape index (κ2) is 50.0. The van der Waals surface area contributed by atoms with E-state index < -0.39 is 6.10 Å². The molecular formula is C55H98O6. The highest BCUT2D eigenvalue weighted by Gasteiger charge is 2.19. The maximum absolute atomic E-state index is 12.8. The fourth-order valence-electron chi connectivity index (χ4n) is 7.39. The first-order valence-corrected chi connectivity index (χ1v) is 26.1. The Kier molecular flexibility index (Phi) is 47.9. The largest absolute Gasteiger partial charge is 0.462 e. The van der Waals surface area contributed by atoms with Crippen molar-refractivity contribution in [2.75, 3.05) is 13.2 Å². The third kappa shape index (κ3) is 48.3. The van der Waals surface area contributed by atoms with Gasteiger partial charge >= 0.3 is 17.9 Å². The van der Waals surface area contributed by atoms with Gasteiger partial charge in [-0.15, -0.1) is 0 Å². The molecule has 0 saturated heterocycles. The topological polar surface area (TPSA) is 78.9 Å². The van der Waals surface area contributed by atoms with Gasteiger partial charge < -0.3 is 14.2 Å². The van der Waals surface area contributed by atoms with Crippen molar-refractivity contribution in [2.24, 2.45) is 0 Å². The molecule has 6 heteroatoms. The van der Waals surface area contributed by atoms with E-state index in [0.717, 1.165) is 89.9 Å². The minimum atomic E-state index is -0.777. The molecule has 0 aliphatic carbocycles. The summed E-state index contributed by atoms with van der Waals surface area (Å²) in [6.07, 6.45) is 59.5. The van der Waals surface area contributed by atoms with Crippen LogP contribution in [0.3, 0.4) is 0 Å². The molecule has 0 aromatic rings. The number of unbranched alkanes of at least 4 members (excludes halogenated alkanes) is 28. The molecule has 0 N–H and O–H groups in total. The van der Waals surface area contributed by atoms with Gasteiger partial charge in [-0.1, -0.05) is 217 Å². The maximum atomic E-state index is 12.8. The third-order valence-electron chi connectivity index (χ3n) is 11.3.